The number of hydrogen-bond acceptors (Lipinski definition) is 3. The molecule has 2 aliphatic rings. The third-order valence-electron chi connectivity index (χ3n) is 4.52. The Hall–Kier alpha value is -2.83. The van der Waals surface area contributed by atoms with Crippen molar-refractivity contribution in [3.63, 3.8) is 0 Å². The van der Waals surface area contributed by atoms with Gasteiger partial charge in [-0.05, 0) is 54.3 Å². The zero-order chi connectivity index (χ0) is 19.4. The monoisotopic (exact) mass is 375 g/mol. The van der Waals surface area contributed by atoms with E-state index in [0.29, 0.717) is 6.54 Å². The second kappa shape index (κ2) is 7.82. The van der Waals surface area contributed by atoms with Gasteiger partial charge in [-0.15, -0.1) is 0 Å². The predicted molar refractivity (Wildman–Crippen MR) is 99.5 cm³/mol. The first-order valence-corrected chi connectivity index (χ1v) is 8.65. The molecule has 0 saturated heterocycles. The summed E-state index contributed by atoms with van der Waals surface area (Å²) in [5.41, 5.74) is 3.35. The molecule has 0 fully saturated rings. The number of carbonyl (C=O) groups excluding carboxylic acids is 1. The number of dihydropyridines is 2. The van der Waals surface area contributed by atoms with Gasteiger partial charge in [0.25, 0.3) is 0 Å². The molecule has 0 saturated carbocycles. The Bertz CT molecular complexity index is 863. The predicted octanol–water partition coefficient (Wildman–Crippen LogP) is 4.24. The molecule has 0 spiro atoms. The maximum Gasteiger partial charge on any atom is 0.416 e. The van der Waals surface area contributed by atoms with Crippen LogP contribution in [0.1, 0.15) is 25.3 Å². The molecular weight excluding hydrogens is 355 g/mol. The highest BCUT2D eigenvalue weighted by atomic mass is 19.4. The van der Waals surface area contributed by atoms with E-state index in [0.717, 1.165) is 47.5 Å². The second-order valence-electron chi connectivity index (χ2n) is 6.41. The molecule has 0 aromatic heterocycles. The number of amides is 1. The molecule has 1 aromatic carbocycles. The van der Waals surface area contributed by atoms with Crippen molar-refractivity contribution in [2.24, 2.45) is 4.99 Å². The molecule has 0 radical (unpaired) electrons. The summed E-state index contributed by atoms with van der Waals surface area (Å²) < 4.78 is 38.4. The van der Waals surface area contributed by atoms with Gasteiger partial charge >= 0.3 is 6.18 Å². The maximum atomic E-state index is 12.8. The Morgan fingerprint density at radius 2 is 2.15 bits per heavy atom. The first-order valence-electron chi connectivity index (χ1n) is 8.65. The lowest BCUT2D eigenvalue weighted by Crippen LogP contribution is -2.24. The molecule has 1 aromatic rings. The molecule has 0 aliphatic carbocycles. The average Bonchev–Trinajstić information content (AvgIpc) is 2.64. The van der Waals surface area contributed by atoms with E-state index in [2.05, 4.69) is 15.6 Å². The maximum absolute atomic E-state index is 12.8. The van der Waals surface area contributed by atoms with Gasteiger partial charge in [0.05, 0.1) is 12.0 Å². The fourth-order valence-corrected chi connectivity index (χ4v) is 3.13. The number of nitrogens with one attached hydrogen (secondary N) is 2. The number of halogens is 3. The van der Waals surface area contributed by atoms with Crippen LogP contribution < -0.4 is 10.6 Å². The molecule has 2 aliphatic heterocycles. The van der Waals surface area contributed by atoms with Crippen LogP contribution in [0.5, 0.6) is 0 Å². The van der Waals surface area contributed by atoms with E-state index in [1.54, 1.807) is 6.21 Å². The van der Waals surface area contributed by atoms with Crippen molar-refractivity contribution in [1.82, 2.24) is 5.32 Å². The zero-order valence-electron chi connectivity index (χ0n) is 14.9. The van der Waals surface area contributed by atoms with E-state index in [1.165, 1.54) is 12.1 Å². The Kier molecular flexibility index (Phi) is 5.48. The lowest BCUT2D eigenvalue weighted by atomic mass is 9.93. The van der Waals surface area contributed by atoms with Gasteiger partial charge in [-0.1, -0.05) is 12.1 Å². The molecule has 0 bridgehead atoms. The summed E-state index contributed by atoms with van der Waals surface area (Å²) in [6, 6.07) is 4.65. The molecule has 0 unspecified atom stereocenters. The summed E-state index contributed by atoms with van der Waals surface area (Å²) in [7, 11) is 0. The average molecular weight is 375 g/mol. The highest BCUT2D eigenvalue weighted by Gasteiger charge is 2.30. The van der Waals surface area contributed by atoms with Crippen molar-refractivity contribution in [2.45, 2.75) is 25.9 Å². The van der Waals surface area contributed by atoms with Crippen LogP contribution in [0.3, 0.4) is 0 Å². The number of carbonyl (C=O) groups is 1. The van der Waals surface area contributed by atoms with Gasteiger partial charge in [0.1, 0.15) is 0 Å². The van der Waals surface area contributed by atoms with Crippen molar-refractivity contribution in [1.29, 1.82) is 0 Å². The third-order valence-corrected chi connectivity index (χ3v) is 4.52. The second-order valence-corrected chi connectivity index (χ2v) is 6.41. The van der Waals surface area contributed by atoms with Gasteiger partial charge in [-0.25, -0.2) is 0 Å². The number of benzene rings is 1. The number of alkyl halides is 3. The summed E-state index contributed by atoms with van der Waals surface area (Å²) in [4.78, 5) is 16.5. The first kappa shape index (κ1) is 18.9. The SMILES string of the molecule is CC1=C(C2=CC=NCC2)NCC=C1CC(=O)Nc1cccc(C(F)(F)F)c1. The molecule has 27 heavy (non-hydrogen) atoms. The van der Waals surface area contributed by atoms with E-state index in [-0.39, 0.29) is 18.0 Å². The minimum Gasteiger partial charge on any atom is -0.381 e. The van der Waals surface area contributed by atoms with E-state index >= 15 is 0 Å². The summed E-state index contributed by atoms with van der Waals surface area (Å²) in [6.45, 7) is 3.28. The highest BCUT2D eigenvalue weighted by molar-refractivity contribution is 5.93. The number of rotatable bonds is 4. The van der Waals surface area contributed by atoms with Crippen LogP contribution in [0.25, 0.3) is 0 Å². The fraction of sp³-hybridized carbons (Fsp3) is 0.300. The van der Waals surface area contributed by atoms with Crippen LogP contribution in [-0.2, 0) is 11.0 Å². The smallest absolute Gasteiger partial charge is 0.381 e. The molecule has 2 N–H and O–H groups in total. The molecule has 7 heteroatoms. The summed E-state index contributed by atoms with van der Waals surface area (Å²) in [5, 5.41) is 5.89. The molecule has 0 atom stereocenters. The molecular formula is C20H20F3N3O. The van der Waals surface area contributed by atoms with Crippen molar-refractivity contribution in [3.05, 3.63) is 64.4 Å². The van der Waals surface area contributed by atoms with Crippen molar-refractivity contribution >= 4 is 17.8 Å². The van der Waals surface area contributed by atoms with E-state index in [1.807, 2.05) is 19.1 Å². The van der Waals surface area contributed by atoms with Crippen LogP contribution in [0.15, 0.2) is 63.8 Å². The van der Waals surface area contributed by atoms with Crippen LogP contribution >= 0.6 is 0 Å². The Balaban J connectivity index is 1.71. The third kappa shape index (κ3) is 4.67. The zero-order valence-corrected chi connectivity index (χ0v) is 14.9. The van der Waals surface area contributed by atoms with Gasteiger partial charge in [0.15, 0.2) is 0 Å². The van der Waals surface area contributed by atoms with Gasteiger partial charge < -0.3 is 10.6 Å². The minimum absolute atomic E-state index is 0.106. The van der Waals surface area contributed by atoms with Gasteiger partial charge in [0, 0.05) is 30.7 Å². The lowest BCUT2D eigenvalue weighted by Gasteiger charge is -2.24. The van der Waals surface area contributed by atoms with E-state index in [4.69, 9.17) is 0 Å². The van der Waals surface area contributed by atoms with Crippen LogP contribution in [0, 0.1) is 0 Å². The number of hydrogen-bond donors (Lipinski definition) is 2. The lowest BCUT2D eigenvalue weighted by molar-refractivity contribution is -0.137. The Morgan fingerprint density at radius 1 is 1.33 bits per heavy atom. The molecule has 2 heterocycles. The standard InChI is InChI=1S/C20H20F3N3O/c1-13-15(7-10-25-19(13)14-5-8-24-9-6-14)11-18(27)26-17-4-2-3-16(12-17)20(21,22)23/h2-5,7-8,12,25H,6,9-11H2,1H3,(H,26,27). The van der Waals surface area contributed by atoms with Crippen LogP contribution in [-0.4, -0.2) is 25.2 Å². The number of allylic oxidation sites excluding steroid dienone is 3. The van der Waals surface area contributed by atoms with Gasteiger partial charge in [-0.2, -0.15) is 13.2 Å². The topological polar surface area (TPSA) is 53.5 Å². The Labute approximate surface area is 155 Å². The number of aliphatic imine (C=N–C) groups is 1. The van der Waals surface area contributed by atoms with Crippen molar-refractivity contribution in [3.8, 4) is 0 Å². The van der Waals surface area contributed by atoms with Gasteiger partial charge in [0.2, 0.25) is 5.91 Å². The first-order chi connectivity index (χ1) is 12.8. The molecule has 1 amide bonds. The largest absolute Gasteiger partial charge is 0.416 e. The quantitative estimate of drug-likeness (QED) is 0.827. The van der Waals surface area contributed by atoms with Crippen molar-refractivity contribution in [2.75, 3.05) is 18.4 Å². The number of anilines is 1. The summed E-state index contributed by atoms with van der Waals surface area (Å²) in [5.74, 6) is -0.347. The molecule has 4 nitrogen and oxygen atoms in total. The van der Waals surface area contributed by atoms with Crippen LogP contribution in [0.4, 0.5) is 18.9 Å². The summed E-state index contributed by atoms with van der Waals surface area (Å²) >= 11 is 0. The normalized spacial score (nSPS) is 17.2. The Morgan fingerprint density at radius 3 is 2.85 bits per heavy atom. The number of nitrogens with zero attached hydrogens (tertiary/aromatic N) is 1. The van der Waals surface area contributed by atoms with Crippen molar-refractivity contribution < 1.29 is 18.0 Å². The van der Waals surface area contributed by atoms with Gasteiger partial charge in [-0.3, -0.25) is 9.79 Å². The summed E-state index contributed by atoms with van der Waals surface area (Å²) in [6.07, 6.45) is 2.17. The van der Waals surface area contributed by atoms with E-state index in [9.17, 15) is 18.0 Å². The fourth-order valence-electron chi connectivity index (χ4n) is 3.13. The highest BCUT2D eigenvalue weighted by Crippen LogP contribution is 2.31. The molecule has 142 valence electrons. The van der Waals surface area contributed by atoms with E-state index < -0.39 is 11.7 Å². The minimum atomic E-state index is -4.44. The molecule has 3 rings (SSSR count). The van der Waals surface area contributed by atoms with Crippen LogP contribution in [0.2, 0.25) is 0 Å².